The van der Waals surface area contributed by atoms with E-state index < -0.39 is 0 Å². The molecule has 1 amide bonds. The van der Waals surface area contributed by atoms with Gasteiger partial charge in [0, 0.05) is 25.0 Å². The van der Waals surface area contributed by atoms with Gasteiger partial charge in [0.15, 0.2) is 0 Å². The van der Waals surface area contributed by atoms with Gasteiger partial charge in [-0.1, -0.05) is 19.8 Å². The summed E-state index contributed by atoms with van der Waals surface area (Å²) in [5.41, 5.74) is 6.00. The minimum absolute atomic E-state index is 0.229. The van der Waals surface area contributed by atoms with Gasteiger partial charge >= 0.3 is 0 Å². The molecule has 0 aromatic carbocycles. The predicted molar refractivity (Wildman–Crippen MR) is 82.4 cm³/mol. The maximum atomic E-state index is 12.0. The molecule has 2 aliphatic rings. The molecule has 1 heterocycles. The van der Waals surface area contributed by atoms with E-state index in [4.69, 9.17) is 5.73 Å². The largest absolute Gasteiger partial charge is 0.355 e. The number of nitrogens with zero attached hydrogens (tertiary/aromatic N) is 1. The highest BCUT2D eigenvalue weighted by molar-refractivity contribution is 5.75. The van der Waals surface area contributed by atoms with E-state index in [0.717, 1.165) is 32.4 Å². The molecule has 4 heteroatoms. The Morgan fingerprint density at radius 2 is 2.15 bits per heavy atom. The molecule has 2 rings (SSSR count). The fraction of sp³-hybridized carbons (Fsp3) is 0.938. The maximum absolute atomic E-state index is 12.0. The summed E-state index contributed by atoms with van der Waals surface area (Å²) in [5.74, 6) is 0.898. The number of nitrogens with two attached hydrogens (primary N) is 1. The van der Waals surface area contributed by atoms with Crippen LogP contribution in [-0.2, 0) is 4.79 Å². The van der Waals surface area contributed by atoms with Gasteiger partial charge in [-0.2, -0.15) is 0 Å². The van der Waals surface area contributed by atoms with Crippen LogP contribution in [-0.4, -0.2) is 42.5 Å². The topological polar surface area (TPSA) is 58.4 Å². The summed E-state index contributed by atoms with van der Waals surface area (Å²) in [6, 6.07) is 0.931. The molecule has 0 radical (unpaired) electrons. The van der Waals surface area contributed by atoms with Gasteiger partial charge in [-0.15, -0.1) is 0 Å². The molecule has 3 N–H and O–H groups in total. The lowest BCUT2D eigenvalue weighted by atomic mass is 9.83. The van der Waals surface area contributed by atoms with Crippen molar-refractivity contribution in [3.63, 3.8) is 0 Å². The van der Waals surface area contributed by atoms with Crippen molar-refractivity contribution < 1.29 is 4.79 Å². The normalized spacial score (nSPS) is 31.4. The van der Waals surface area contributed by atoms with E-state index >= 15 is 0 Å². The Balaban J connectivity index is 1.60. The predicted octanol–water partition coefficient (Wildman–Crippen LogP) is 1.88. The van der Waals surface area contributed by atoms with Crippen molar-refractivity contribution in [3.05, 3.63) is 0 Å². The van der Waals surface area contributed by atoms with Crippen LogP contribution in [0.5, 0.6) is 0 Å². The Hall–Kier alpha value is -0.610. The van der Waals surface area contributed by atoms with Crippen molar-refractivity contribution >= 4 is 5.91 Å². The van der Waals surface area contributed by atoms with Gasteiger partial charge in [-0.25, -0.2) is 0 Å². The first-order valence-corrected chi connectivity index (χ1v) is 8.45. The van der Waals surface area contributed by atoms with E-state index in [1.807, 2.05) is 0 Å². The van der Waals surface area contributed by atoms with E-state index in [-0.39, 0.29) is 5.91 Å². The number of nitrogens with one attached hydrogen (secondary N) is 1. The summed E-state index contributed by atoms with van der Waals surface area (Å²) < 4.78 is 0. The zero-order chi connectivity index (χ0) is 14.4. The van der Waals surface area contributed by atoms with Gasteiger partial charge in [0.25, 0.3) is 0 Å². The summed E-state index contributed by atoms with van der Waals surface area (Å²) >= 11 is 0. The molecule has 0 bridgehead atoms. The lowest BCUT2D eigenvalue weighted by Crippen LogP contribution is -2.40. The minimum Gasteiger partial charge on any atom is -0.355 e. The average Bonchev–Trinajstić information content (AvgIpc) is 2.90. The molecule has 1 saturated heterocycles. The Morgan fingerprint density at radius 3 is 2.90 bits per heavy atom. The van der Waals surface area contributed by atoms with Gasteiger partial charge < -0.3 is 11.1 Å². The van der Waals surface area contributed by atoms with Crippen LogP contribution >= 0.6 is 0 Å². The van der Waals surface area contributed by atoms with E-state index in [0.29, 0.717) is 24.4 Å². The van der Waals surface area contributed by atoms with Gasteiger partial charge in [-0.05, 0) is 51.1 Å². The summed E-state index contributed by atoms with van der Waals surface area (Å²) in [5, 5.41) is 3.13. The first-order chi connectivity index (χ1) is 9.69. The zero-order valence-corrected chi connectivity index (χ0v) is 12.9. The van der Waals surface area contributed by atoms with Crippen molar-refractivity contribution in [1.82, 2.24) is 10.2 Å². The van der Waals surface area contributed by atoms with Crippen LogP contribution in [0.4, 0.5) is 0 Å². The second kappa shape index (κ2) is 7.99. The number of hydrogen-bond acceptors (Lipinski definition) is 3. The van der Waals surface area contributed by atoms with Gasteiger partial charge in [-0.3, -0.25) is 9.69 Å². The maximum Gasteiger partial charge on any atom is 0.220 e. The molecule has 4 nitrogen and oxygen atoms in total. The van der Waals surface area contributed by atoms with Gasteiger partial charge in [0.1, 0.15) is 0 Å². The molecule has 3 unspecified atom stereocenters. The Labute approximate surface area is 123 Å². The van der Waals surface area contributed by atoms with Crippen LogP contribution < -0.4 is 11.1 Å². The molecule has 3 atom stereocenters. The third-order valence-corrected chi connectivity index (χ3v) is 5.04. The van der Waals surface area contributed by atoms with Crippen LogP contribution in [0, 0.1) is 5.92 Å². The number of likely N-dealkylation sites (tertiary alicyclic amines) is 1. The Kier molecular flexibility index (Phi) is 6.30. The summed E-state index contributed by atoms with van der Waals surface area (Å²) in [7, 11) is 0. The standard InChI is InChI=1S/C16H31N3O/c1-2-19-10-4-7-15(19)12-18-16(20)9-8-13-5-3-6-14(17)11-13/h13-15H,2-12,17H2,1H3,(H,18,20). The monoisotopic (exact) mass is 281 g/mol. The molecular formula is C16H31N3O. The van der Waals surface area contributed by atoms with E-state index in [1.54, 1.807) is 0 Å². The first kappa shape index (κ1) is 15.8. The third kappa shape index (κ3) is 4.74. The Bertz CT molecular complexity index is 308. The van der Waals surface area contributed by atoms with Crippen LogP contribution in [0.2, 0.25) is 0 Å². The summed E-state index contributed by atoms with van der Waals surface area (Å²) in [4.78, 5) is 14.4. The van der Waals surface area contributed by atoms with Gasteiger partial charge in [0.05, 0.1) is 0 Å². The molecule has 1 aliphatic carbocycles. The van der Waals surface area contributed by atoms with Crippen molar-refractivity contribution in [3.8, 4) is 0 Å². The number of rotatable bonds is 6. The smallest absolute Gasteiger partial charge is 0.220 e. The quantitative estimate of drug-likeness (QED) is 0.781. The summed E-state index contributed by atoms with van der Waals surface area (Å²) in [6.07, 6.45) is 8.96. The number of hydrogen-bond donors (Lipinski definition) is 2. The molecule has 0 aromatic heterocycles. The number of likely N-dealkylation sites (N-methyl/N-ethyl adjacent to an activating group) is 1. The van der Waals surface area contributed by atoms with E-state index in [9.17, 15) is 4.79 Å². The lowest BCUT2D eigenvalue weighted by Gasteiger charge is -2.26. The highest BCUT2D eigenvalue weighted by Gasteiger charge is 2.23. The molecule has 20 heavy (non-hydrogen) atoms. The third-order valence-electron chi connectivity index (χ3n) is 5.04. The lowest BCUT2D eigenvalue weighted by molar-refractivity contribution is -0.121. The minimum atomic E-state index is 0.229. The van der Waals surface area contributed by atoms with Crippen LogP contribution in [0.15, 0.2) is 0 Å². The van der Waals surface area contributed by atoms with E-state index in [2.05, 4.69) is 17.1 Å². The van der Waals surface area contributed by atoms with Crippen molar-refractivity contribution in [1.29, 1.82) is 0 Å². The molecule has 116 valence electrons. The molecule has 2 fully saturated rings. The van der Waals surface area contributed by atoms with E-state index in [1.165, 1.54) is 32.2 Å². The summed E-state index contributed by atoms with van der Waals surface area (Å²) in [6.45, 7) is 5.32. The zero-order valence-electron chi connectivity index (χ0n) is 12.9. The van der Waals surface area contributed by atoms with Crippen molar-refractivity contribution in [2.75, 3.05) is 19.6 Å². The molecular weight excluding hydrogens is 250 g/mol. The number of carbonyl (C=O) groups is 1. The number of carbonyl (C=O) groups excluding carboxylic acids is 1. The Morgan fingerprint density at radius 1 is 1.30 bits per heavy atom. The van der Waals surface area contributed by atoms with Gasteiger partial charge in [0.2, 0.25) is 5.91 Å². The second-order valence-corrected chi connectivity index (χ2v) is 6.56. The SMILES string of the molecule is CCN1CCCC1CNC(=O)CCC1CCCC(N)C1. The van der Waals surface area contributed by atoms with Crippen molar-refractivity contribution in [2.24, 2.45) is 11.7 Å². The van der Waals surface area contributed by atoms with Crippen molar-refractivity contribution in [2.45, 2.75) is 70.4 Å². The molecule has 1 aliphatic heterocycles. The van der Waals surface area contributed by atoms with Crippen LogP contribution in [0.25, 0.3) is 0 Å². The highest BCUT2D eigenvalue weighted by Crippen LogP contribution is 2.26. The molecule has 1 saturated carbocycles. The van der Waals surface area contributed by atoms with Crippen LogP contribution in [0.3, 0.4) is 0 Å². The fourth-order valence-electron chi connectivity index (χ4n) is 3.79. The first-order valence-electron chi connectivity index (χ1n) is 8.45. The van der Waals surface area contributed by atoms with Crippen LogP contribution in [0.1, 0.15) is 58.3 Å². The fourth-order valence-corrected chi connectivity index (χ4v) is 3.79. The average molecular weight is 281 g/mol. The molecule has 0 aromatic rings. The highest BCUT2D eigenvalue weighted by atomic mass is 16.1. The molecule has 0 spiro atoms. The second-order valence-electron chi connectivity index (χ2n) is 6.56. The number of amides is 1.